The standard InChI is InChI=1S/C16H25N5O2/c22-16(13-3-9-23-10-4-13)18-6-5-17-15-11-14(12-19-20-15)21-7-1-2-8-21/h11-13H,1-10H2,(H,17,20)(H,18,22). The Kier molecular flexibility index (Phi) is 5.63. The van der Waals surface area contributed by atoms with Gasteiger partial charge < -0.3 is 20.3 Å². The molecule has 0 bridgehead atoms. The Labute approximate surface area is 136 Å². The molecule has 0 atom stereocenters. The zero-order valence-electron chi connectivity index (χ0n) is 13.5. The lowest BCUT2D eigenvalue weighted by Crippen LogP contribution is -2.36. The van der Waals surface area contributed by atoms with Crippen molar-refractivity contribution in [1.82, 2.24) is 15.5 Å². The first-order valence-corrected chi connectivity index (χ1v) is 8.50. The minimum absolute atomic E-state index is 0.0991. The van der Waals surface area contributed by atoms with Gasteiger partial charge in [-0.15, -0.1) is 5.10 Å². The highest BCUT2D eigenvalue weighted by atomic mass is 16.5. The molecule has 126 valence electrons. The molecule has 0 aromatic carbocycles. The molecular weight excluding hydrogens is 294 g/mol. The highest BCUT2D eigenvalue weighted by molar-refractivity contribution is 5.78. The molecule has 2 aliphatic rings. The van der Waals surface area contributed by atoms with Gasteiger partial charge in [0.2, 0.25) is 5.91 Å². The number of amides is 1. The second-order valence-electron chi connectivity index (χ2n) is 6.10. The van der Waals surface area contributed by atoms with E-state index < -0.39 is 0 Å². The second kappa shape index (κ2) is 8.10. The van der Waals surface area contributed by atoms with Gasteiger partial charge in [-0.25, -0.2) is 0 Å². The number of rotatable bonds is 6. The minimum Gasteiger partial charge on any atom is -0.381 e. The predicted octanol–water partition coefficient (Wildman–Crippen LogP) is 1.03. The van der Waals surface area contributed by atoms with Crippen LogP contribution in [0.5, 0.6) is 0 Å². The lowest BCUT2D eigenvalue weighted by Gasteiger charge is -2.21. The molecule has 7 heteroatoms. The monoisotopic (exact) mass is 319 g/mol. The summed E-state index contributed by atoms with van der Waals surface area (Å²) in [7, 11) is 0. The summed E-state index contributed by atoms with van der Waals surface area (Å²) in [6.07, 6.45) is 5.93. The van der Waals surface area contributed by atoms with E-state index in [0.717, 1.165) is 37.4 Å². The molecule has 23 heavy (non-hydrogen) atoms. The van der Waals surface area contributed by atoms with E-state index in [1.165, 1.54) is 12.8 Å². The van der Waals surface area contributed by atoms with Crippen LogP contribution in [-0.2, 0) is 9.53 Å². The largest absolute Gasteiger partial charge is 0.381 e. The third kappa shape index (κ3) is 4.54. The summed E-state index contributed by atoms with van der Waals surface area (Å²) in [4.78, 5) is 14.3. The van der Waals surface area contributed by atoms with Gasteiger partial charge in [0.25, 0.3) is 0 Å². The second-order valence-corrected chi connectivity index (χ2v) is 6.10. The predicted molar refractivity (Wildman–Crippen MR) is 88.5 cm³/mol. The summed E-state index contributed by atoms with van der Waals surface area (Å²) in [5, 5.41) is 14.4. The third-order valence-electron chi connectivity index (χ3n) is 4.43. The summed E-state index contributed by atoms with van der Waals surface area (Å²) in [6.45, 7) is 4.79. The Morgan fingerprint density at radius 2 is 2.04 bits per heavy atom. The average molecular weight is 319 g/mol. The smallest absolute Gasteiger partial charge is 0.223 e. The van der Waals surface area contributed by atoms with Gasteiger partial charge in [-0.3, -0.25) is 4.79 Å². The van der Waals surface area contributed by atoms with E-state index in [1.54, 1.807) is 0 Å². The van der Waals surface area contributed by atoms with Gasteiger partial charge in [-0.1, -0.05) is 0 Å². The molecule has 2 saturated heterocycles. The molecule has 1 amide bonds. The molecule has 0 aliphatic carbocycles. The third-order valence-corrected chi connectivity index (χ3v) is 4.43. The molecule has 1 aromatic rings. The van der Waals surface area contributed by atoms with E-state index >= 15 is 0 Å². The first kappa shape index (κ1) is 16.0. The van der Waals surface area contributed by atoms with Gasteiger partial charge in [0.1, 0.15) is 0 Å². The Bertz CT molecular complexity index is 513. The molecule has 3 rings (SSSR count). The maximum atomic E-state index is 12.0. The topological polar surface area (TPSA) is 79.4 Å². The maximum Gasteiger partial charge on any atom is 0.223 e. The van der Waals surface area contributed by atoms with E-state index in [2.05, 4.69) is 25.7 Å². The fourth-order valence-corrected chi connectivity index (χ4v) is 3.07. The molecule has 2 aliphatic heterocycles. The number of nitrogens with zero attached hydrogens (tertiary/aromatic N) is 3. The van der Waals surface area contributed by atoms with Crippen molar-refractivity contribution in [1.29, 1.82) is 0 Å². The Morgan fingerprint density at radius 3 is 2.83 bits per heavy atom. The highest BCUT2D eigenvalue weighted by Crippen LogP contribution is 2.20. The number of nitrogens with one attached hydrogen (secondary N) is 2. The van der Waals surface area contributed by atoms with Crippen molar-refractivity contribution in [3.63, 3.8) is 0 Å². The van der Waals surface area contributed by atoms with E-state index in [-0.39, 0.29) is 11.8 Å². The molecular formula is C16H25N5O2. The zero-order valence-corrected chi connectivity index (χ0v) is 13.5. The minimum atomic E-state index is 0.0991. The molecule has 7 nitrogen and oxygen atoms in total. The van der Waals surface area contributed by atoms with E-state index in [9.17, 15) is 4.79 Å². The van der Waals surface area contributed by atoms with Gasteiger partial charge in [0.15, 0.2) is 5.82 Å². The van der Waals surface area contributed by atoms with Gasteiger partial charge in [0, 0.05) is 51.4 Å². The summed E-state index contributed by atoms with van der Waals surface area (Å²) in [5.41, 5.74) is 1.12. The summed E-state index contributed by atoms with van der Waals surface area (Å²) >= 11 is 0. The number of hydrogen-bond acceptors (Lipinski definition) is 6. The lowest BCUT2D eigenvalue weighted by atomic mass is 9.99. The summed E-state index contributed by atoms with van der Waals surface area (Å²) in [5.74, 6) is 0.990. The van der Waals surface area contributed by atoms with Crippen molar-refractivity contribution in [3.8, 4) is 0 Å². The van der Waals surface area contributed by atoms with E-state index in [1.807, 2.05) is 12.3 Å². The van der Waals surface area contributed by atoms with Crippen LogP contribution in [0.25, 0.3) is 0 Å². The van der Waals surface area contributed by atoms with Crippen molar-refractivity contribution >= 4 is 17.4 Å². The fraction of sp³-hybridized carbons (Fsp3) is 0.688. The van der Waals surface area contributed by atoms with Crippen molar-refractivity contribution in [2.75, 3.05) is 49.6 Å². The first-order chi connectivity index (χ1) is 11.3. The van der Waals surface area contributed by atoms with Crippen LogP contribution in [0.3, 0.4) is 0 Å². The fourth-order valence-electron chi connectivity index (χ4n) is 3.07. The van der Waals surface area contributed by atoms with Crippen molar-refractivity contribution in [2.45, 2.75) is 25.7 Å². The molecule has 0 unspecified atom stereocenters. The summed E-state index contributed by atoms with van der Waals surface area (Å²) in [6, 6.07) is 2.03. The number of aromatic nitrogens is 2. The van der Waals surface area contributed by atoms with Gasteiger partial charge in [-0.2, -0.15) is 5.10 Å². The molecule has 2 fully saturated rings. The quantitative estimate of drug-likeness (QED) is 0.763. The van der Waals surface area contributed by atoms with Crippen LogP contribution in [0.1, 0.15) is 25.7 Å². The van der Waals surface area contributed by atoms with Gasteiger partial charge in [-0.05, 0) is 25.7 Å². The zero-order chi connectivity index (χ0) is 15.9. The molecule has 2 N–H and O–H groups in total. The lowest BCUT2D eigenvalue weighted by molar-refractivity contribution is -0.127. The van der Waals surface area contributed by atoms with E-state index in [4.69, 9.17) is 4.74 Å². The van der Waals surface area contributed by atoms with Crippen LogP contribution in [0.2, 0.25) is 0 Å². The normalized spacial score (nSPS) is 18.9. The summed E-state index contributed by atoms with van der Waals surface area (Å²) < 4.78 is 5.28. The molecule has 0 radical (unpaired) electrons. The Hall–Kier alpha value is -1.89. The van der Waals surface area contributed by atoms with Crippen LogP contribution in [0.4, 0.5) is 11.5 Å². The van der Waals surface area contributed by atoms with Crippen LogP contribution in [0.15, 0.2) is 12.3 Å². The number of ether oxygens (including phenoxy) is 1. The highest BCUT2D eigenvalue weighted by Gasteiger charge is 2.20. The number of anilines is 2. The van der Waals surface area contributed by atoms with Gasteiger partial charge in [0.05, 0.1) is 11.9 Å². The van der Waals surface area contributed by atoms with Crippen LogP contribution < -0.4 is 15.5 Å². The Balaban J connectivity index is 1.40. The van der Waals surface area contributed by atoms with Crippen molar-refractivity contribution in [3.05, 3.63) is 12.3 Å². The molecule has 0 spiro atoms. The van der Waals surface area contributed by atoms with Crippen LogP contribution in [-0.4, -0.2) is 55.5 Å². The Morgan fingerprint density at radius 1 is 1.26 bits per heavy atom. The van der Waals surface area contributed by atoms with Crippen LogP contribution >= 0.6 is 0 Å². The maximum absolute atomic E-state index is 12.0. The SMILES string of the molecule is O=C(NCCNc1cc(N2CCCC2)cnn1)C1CCOCC1. The number of hydrogen-bond donors (Lipinski definition) is 2. The van der Waals surface area contributed by atoms with Crippen molar-refractivity contribution < 1.29 is 9.53 Å². The van der Waals surface area contributed by atoms with Crippen LogP contribution in [0, 0.1) is 5.92 Å². The first-order valence-electron chi connectivity index (χ1n) is 8.50. The molecule has 0 saturated carbocycles. The van der Waals surface area contributed by atoms with Crippen molar-refractivity contribution in [2.24, 2.45) is 5.92 Å². The molecule has 1 aromatic heterocycles. The number of carbonyl (C=O) groups is 1. The number of carbonyl (C=O) groups excluding carboxylic acids is 1. The van der Waals surface area contributed by atoms with Gasteiger partial charge >= 0.3 is 0 Å². The van der Waals surface area contributed by atoms with E-state index in [0.29, 0.717) is 26.3 Å². The average Bonchev–Trinajstić information content (AvgIpc) is 3.14. The molecule has 3 heterocycles.